The monoisotopic (exact) mass is 697 g/mol. The number of halogens is 1. The number of nitrogens with one attached hydrogen (secondary N) is 2. The summed E-state index contributed by atoms with van der Waals surface area (Å²) in [5, 5.41) is 25.5. The Labute approximate surface area is 299 Å². The molecule has 1 aromatic heterocycles. The highest BCUT2D eigenvalue weighted by Gasteiger charge is 2.19. The molecule has 1 atom stereocenters. The SMILES string of the molecule is CC(=O)NCCNCc1cc(Cl)c(OCc2cccc(-c3cccc(OCCCN4CCC(O)C4)c3)c2C)cc1OCc1cncc(C#N)c1. The number of ether oxygens (including phenoxy) is 3. The molecule has 10 nitrogen and oxygen atoms in total. The van der Waals surface area contributed by atoms with E-state index in [1.165, 1.54) is 13.1 Å². The van der Waals surface area contributed by atoms with E-state index in [9.17, 15) is 15.2 Å². The number of β-amino-alcohol motifs (C(OH)–C–C–N with tert-alkyl or cyclic N) is 1. The smallest absolute Gasteiger partial charge is 0.216 e. The van der Waals surface area contributed by atoms with Gasteiger partial charge < -0.3 is 34.9 Å². The molecule has 11 heteroatoms. The molecular weight excluding hydrogens is 654 g/mol. The van der Waals surface area contributed by atoms with Crippen molar-refractivity contribution in [2.24, 2.45) is 0 Å². The Bertz CT molecular complexity index is 1800. The van der Waals surface area contributed by atoms with Crippen molar-refractivity contribution in [3.8, 4) is 34.4 Å². The van der Waals surface area contributed by atoms with Crippen LogP contribution in [-0.4, -0.2) is 66.3 Å². The van der Waals surface area contributed by atoms with E-state index in [-0.39, 0.29) is 18.6 Å². The van der Waals surface area contributed by atoms with Gasteiger partial charge in [-0.3, -0.25) is 9.78 Å². The minimum atomic E-state index is -0.203. The van der Waals surface area contributed by atoms with Crippen LogP contribution in [0.2, 0.25) is 5.02 Å². The Morgan fingerprint density at radius 3 is 2.68 bits per heavy atom. The van der Waals surface area contributed by atoms with Crippen LogP contribution < -0.4 is 24.8 Å². The maximum absolute atomic E-state index is 11.2. The summed E-state index contributed by atoms with van der Waals surface area (Å²) in [6.45, 7) is 8.81. The standard InChI is InChI=1S/C39H44ClN5O5/c1-27-32(7-4-9-36(27)31-6-3-8-35(17-31)48-15-5-13-45-14-10-34(47)24-45)26-50-39-19-38(49-25-30-16-29(20-41)21-43-22-30)33(18-37(39)40)23-42-11-12-44-28(2)46/h3-4,6-9,16-19,21-22,34,42,47H,5,10-15,23-26H2,1-2H3,(H,44,46). The van der Waals surface area contributed by atoms with E-state index < -0.39 is 0 Å². The van der Waals surface area contributed by atoms with Gasteiger partial charge >= 0.3 is 0 Å². The molecule has 50 heavy (non-hydrogen) atoms. The summed E-state index contributed by atoms with van der Waals surface area (Å²) < 4.78 is 18.6. The summed E-state index contributed by atoms with van der Waals surface area (Å²) in [4.78, 5) is 17.6. The van der Waals surface area contributed by atoms with Gasteiger partial charge in [0.15, 0.2) is 0 Å². The Morgan fingerprint density at radius 2 is 1.88 bits per heavy atom. The van der Waals surface area contributed by atoms with Crippen molar-refractivity contribution in [2.45, 2.75) is 52.6 Å². The Morgan fingerprint density at radius 1 is 1.04 bits per heavy atom. The summed E-state index contributed by atoms with van der Waals surface area (Å²) in [5.74, 6) is 1.80. The van der Waals surface area contributed by atoms with Crippen molar-refractivity contribution < 1.29 is 24.1 Å². The fourth-order valence-electron chi connectivity index (χ4n) is 5.85. The van der Waals surface area contributed by atoms with E-state index in [2.05, 4.69) is 51.7 Å². The summed E-state index contributed by atoms with van der Waals surface area (Å²) in [6.07, 6.45) is 4.72. The van der Waals surface area contributed by atoms with Crippen LogP contribution in [0.5, 0.6) is 17.2 Å². The van der Waals surface area contributed by atoms with Crippen LogP contribution in [0.3, 0.4) is 0 Å². The van der Waals surface area contributed by atoms with Gasteiger partial charge in [0.25, 0.3) is 0 Å². The first-order valence-electron chi connectivity index (χ1n) is 16.9. The Kier molecular flexibility index (Phi) is 13.5. The van der Waals surface area contributed by atoms with E-state index in [4.69, 9.17) is 25.8 Å². The van der Waals surface area contributed by atoms with Crippen LogP contribution in [0.15, 0.2) is 73.1 Å². The number of carbonyl (C=O) groups excluding carboxylic acids is 1. The minimum absolute atomic E-state index is 0.0844. The van der Waals surface area contributed by atoms with Crippen LogP contribution >= 0.6 is 11.6 Å². The van der Waals surface area contributed by atoms with Gasteiger partial charge in [0, 0.05) is 75.8 Å². The Balaban J connectivity index is 1.25. The van der Waals surface area contributed by atoms with Gasteiger partial charge in [-0.1, -0.05) is 41.9 Å². The predicted octanol–water partition coefficient (Wildman–Crippen LogP) is 5.80. The van der Waals surface area contributed by atoms with Crippen LogP contribution in [0.4, 0.5) is 0 Å². The van der Waals surface area contributed by atoms with E-state index in [0.717, 1.165) is 71.6 Å². The number of hydrogen-bond acceptors (Lipinski definition) is 9. The molecule has 0 bridgehead atoms. The third-order valence-electron chi connectivity index (χ3n) is 8.53. The first-order chi connectivity index (χ1) is 24.3. The molecule has 5 rings (SSSR count). The predicted molar refractivity (Wildman–Crippen MR) is 193 cm³/mol. The third-order valence-corrected chi connectivity index (χ3v) is 8.83. The lowest BCUT2D eigenvalue weighted by Gasteiger charge is -2.18. The van der Waals surface area contributed by atoms with Crippen LogP contribution in [0, 0.1) is 18.3 Å². The molecule has 1 fully saturated rings. The first-order valence-corrected chi connectivity index (χ1v) is 17.3. The molecular formula is C39H44ClN5O5. The molecule has 3 N–H and O–H groups in total. The van der Waals surface area contributed by atoms with Gasteiger partial charge in [-0.25, -0.2) is 0 Å². The summed E-state index contributed by atoms with van der Waals surface area (Å²) in [5.41, 5.74) is 6.30. The number of nitrogens with zero attached hydrogens (tertiary/aromatic N) is 3. The fraction of sp³-hybridized carbons (Fsp3) is 0.359. The first kappa shape index (κ1) is 36.6. The second-order valence-electron chi connectivity index (χ2n) is 12.4. The molecule has 0 radical (unpaired) electrons. The zero-order valence-electron chi connectivity index (χ0n) is 28.6. The van der Waals surface area contributed by atoms with Crippen LogP contribution in [0.1, 0.15) is 47.6 Å². The quantitative estimate of drug-likeness (QED) is 0.117. The van der Waals surface area contributed by atoms with Crippen LogP contribution in [-0.2, 0) is 24.6 Å². The van der Waals surface area contributed by atoms with Crippen molar-refractivity contribution in [1.82, 2.24) is 20.5 Å². The average molecular weight is 698 g/mol. The van der Waals surface area contributed by atoms with Gasteiger partial charge in [0.2, 0.25) is 5.91 Å². The number of likely N-dealkylation sites (tertiary alicyclic amines) is 1. The van der Waals surface area contributed by atoms with Crippen molar-refractivity contribution in [3.05, 3.63) is 106 Å². The molecule has 1 aliphatic rings. The molecule has 1 amide bonds. The van der Waals surface area contributed by atoms with E-state index in [1.807, 2.05) is 30.3 Å². The second-order valence-corrected chi connectivity index (χ2v) is 12.8. The minimum Gasteiger partial charge on any atom is -0.494 e. The highest BCUT2D eigenvalue weighted by molar-refractivity contribution is 6.32. The number of benzene rings is 3. The van der Waals surface area contributed by atoms with E-state index >= 15 is 0 Å². The normalized spacial score (nSPS) is 14.3. The molecule has 3 aromatic carbocycles. The lowest BCUT2D eigenvalue weighted by Crippen LogP contribution is -2.30. The van der Waals surface area contributed by atoms with Crippen LogP contribution in [0.25, 0.3) is 11.1 Å². The van der Waals surface area contributed by atoms with Crippen molar-refractivity contribution in [2.75, 3.05) is 39.3 Å². The molecule has 2 heterocycles. The molecule has 0 aliphatic carbocycles. The largest absolute Gasteiger partial charge is 0.494 e. The highest BCUT2D eigenvalue weighted by Crippen LogP contribution is 2.35. The number of amides is 1. The zero-order valence-corrected chi connectivity index (χ0v) is 29.3. The van der Waals surface area contributed by atoms with Gasteiger partial charge in [0.1, 0.15) is 36.5 Å². The number of carbonyl (C=O) groups is 1. The average Bonchev–Trinajstić information content (AvgIpc) is 3.54. The molecule has 1 aliphatic heterocycles. The van der Waals surface area contributed by atoms with E-state index in [0.29, 0.717) is 54.9 Å². The summed E-state index contributed by atoms with van der Waals surface area (Å²) in [6, 6.07) is 21.8. The number of aliphatic hydroxyl groups excluding tert-OH is 1. The molecule has 262 valence electrons. The number of aliphatic hydroxyl groups is 1. The lowest BCUT2D eigenvalue weighted by molar-refractivity contribution is -0.118. The number of pyridine rings is 1. The topological polar surface area (TPSA) is 129 Å². The number of hydrogen-bond donors (Lipinski definition) is 3. The summed E-state index contributed by atoms with van der Waals surface area (Å²) in [7, 11) is 0. The molecule has 4 aromatic rings. The molecule has 0 spiro atoms. The van der Waals surface area contributed by atoms with Gasteiger partial charge in [-0.05, 0) is 66.3 Å². The fourth-order valence-corrected chi connectivity index (χ4v) is 6.09. The Hall–Kier alpha value is -4.66. The number of nitriles is 1. The maximum atomic E-state index is 11.2. The third kappa shape index (κ3) is 10.7. The van der Waals surface area contributed by atoms with Crippen molar-refractivity contribution >= 4 is 17.5 Å². The highest BCUT2D eigenvalue weighted by atomic mass is 35.5. The van der Waals surface area contributed by atoms with Gasteiger partial charge in [0.05, 0.1) is 23.3 Å². The molecule has 1 saturated heterocycles. The molecule has 1 unspecified atom stereocenters. The van der Waals surface area contributed by atoms with Crippen molar-refractivity contribution in [1.29, 1.82) is 5.26 Å². The van der Waals surface area contributed by atoms with Gasteiger partial charge in [-0.15, -0.1) is 0 Å². The number of rotatable bonds is 17. The van der Waals surface area contributed by atoms with Crippen molar-refractivity contribution in [3.63, 3.8) is 0 Å². The lowest BCUT2D eigenvalue weighted by atomic mass is 9.96. The zero-order chi connectivity index (χ0) is 35.3. The second kappa shape index (κ2) is 18.4. The number of aromatic nitrogens is 1. The van der Waals surface area contributed by atoms with E-state index in [1.54, 1.807) is 18.3 Å². The van der Waals surface area contributed by atoms with Gasteiger partial charge in [-0.2, -0.15) is 5.26 Å². The molecule has 0 saturated carbocycles. The maximum Gasteiger partial charge on any atom is 0.216 e. The summed E-state index contributed by atoms with van der Waals surface area (Å²) >= 11 is 6.75.